The van der Waals surface area contributed by atoms with Crippen molar-refractivity contribution in [2.75, 3.05) is 0 Å². The molecule has 9 heavy (non-hydrogen) atoms. The highest BCUT2D eigenvalue weighted by Gasteiger charge is 2.18. The number of hydrogen-bond donors (Lipinski definition) is 0. The van der Waals surface area contributed by atoms with Gasteiger partial charge in [0, 0.05) is 0 Å². The van der Waals surface area contributed by atoms with Gasteiger partial charge in [0.15, 0.2) is 0 Å². The molecule has 0 spiro atoms. The molecule has 1 aliphatic rings. The van der Waals surface area contributed by atoms with E-state index in [1.807, 2.05) is 0 Å². The third kappa shape index (κ3) is 1.35. The van der Waals surface area contributed by atoms with Gasteiger partial charge in [-0.05, 0) is 24.2 Å². The molecule has 0 aliphatic heterocycles. The predicted molar refractivity (Wildman–Crippen MR) is 41.2 cm³/mol. The van der Waals surface area contributed by atoms with E-state index in [2.05, 4.69) is 32.9 Å². The average Bonchev–Trinajstić information content (AvgIpc) is 1.83. The van der Waals surface area contributed by atoms with Crippen LogP contribution in [0.1, 0.15) is 27.2 Å². The van der Waals surface area contributed by atoms with Crippen LogP contribution in [0.3, 0.4) is 0 Å². The quantitative estimate of drug-likeness (QED) is 0.435. The highest BCUT2D eigenvalue weighted by Crippen LogP contribution is 2.28. The molecule has 0 heteroatoms. The monoisotopic (exact) mass is 124 g/mol. The van der Waals surface area contributed by atoms with Crippen LogP contribution in [0.15, 0.2) is 12.2 Å². The molecule has 0 aromatic heterocycles. The van der Waals surface area contributed by atoms with Gasteiger partial charge in [-0.2, -0.15) is 0 Å². The van der Waals surface area contributed by atoms with Crippen molar-refractivity contribution in [2.45, 2.75) is 27.2 Å². The Morgan fingerprint density at radius 1 is 1.22 bits per heavy atom. The van der Waals surface area contributed by atoms with Crippen molar-refractivity contribution >= 4 is 0 Å². The maximum absolute atomic E-state index is 2.35. The van der Waals surface area contributed by atoms with Gasteiger partial charge in [-0.1, -0.05) is 32.9 Å². The highest BCUT2D eigenvalue weighted by molar-refractivity contribution is 4.96. The first-order valence-electron chi connectivity index (χ1n) is 3.88. The van der Waals surface area contributed by atoms with Gasteiger partial charge in [0.2, 0.25) is 0 Å². The van der Waals surface area contributed by atoms with Gasteiger partial charge in [-0.25, -0.2) is 0 Å². The average molecular weight is 124 g/mol. The second-order valence-corrected chi connectivity index (χ2v) is 3.36. The summed E-state index contributed by atoms with van der Waals surface area (Å²) < 4.78 is 0. The van der Waals surface area contributed by atoms with E-state index in [-0.39, 0.29) is 0 Å². The lowest BCUT2D eigenvalue weighted by Gasteiger charge is -2.26. The van der Waals surface area contributed by atoms with Crippen molar-refractivity contribution < 1.29 is 0 Å². The summed E-state index contributed by atoms with van der Waals surface area (Å²) in [5, 5.41) is 0. The van der Waals surface area contributed by atoms with Gasteiger partial charge in [0.05, 0.1) is 0 Å². The SMILES string of the molecule is CC1C=CC[C@@H](C)[C@@H]1C. The number of hydrogen-bond acceptors (Lipinski definition) is 0. The highest BCUT2D eigenvalue weighted by atomic mass is 14.2. The third-order valence-corrected chi connectivity index (χ3v) is 2.67. The Labute approximate surface area is 58.0 Å². The van der Waals surface area contributed by atoms with Crippen LogP contribution in [0.25, 0.3) is 0 Å². The van der Waals surface area contributed by atoms with E-state index < -0.39 is 0 Å². The molecule has 0 radical (unpaired) electrons. The van der Waals surface area contributed by atoms with Gasteiger partial charge in [-0.15, -0.1) is 0 Å². The first kappa shape index (κ1) is 6.85. The molecular formula is C9H16. The standard InChI is InChI=1S/C9H16/c1-7-5-4-6-8(2)9(7)3/h4-5,7-9H,6H2,1-3H3/t7?,8-,9-/m1/s1. The maximum Gasteiger partial charge on any atom is -0.0234 e. The van der Waals surface area contributed by atoms with Crippen LogP contribution in [0, 0.1) is 17.8 Å². The van der Waals surface area contributed by atoms with Crippen molar-refractivity contribution in [1.29, 1.82) is 0 Å². The minimum Gasteiger partial charge on any atom is -0.0880 e. The zero-order chi connectivity index (χ0) is 6.85. The minimum absolute atomic E-state index is 0.800. The van der Waals surface area contributed by atoms with E-state index in [1.54, 1.807) is 0 Å². The Morgan fingerprint density at radius 2 is 1.89 bits per heavy atom. The first-order valence-corrected chi connectivity index (χ1v) is 3.88. The lowest BCUT2D eigenvalue weighted by Crippen LogP contribution is -2.17. The third-order valence-electron chi connectivity index (χ3n) is 2.67. The van der Waals surface area contributed by atoms with Crippen LogP contribution in [0.5, 0.6) is 0 Å². The zero-order valence-electron chi connectivity index (χ0n) is 6.59. The van der Waals surface area contributed by atoms with Gasteiger partial charge >= 0.3 is 0 Å². The number of rotatable bonds is 0. The van der Waals surface area contributed by atoms with Crippen LogP contribution in [0.4, 0.5) is 0 Å². The molecule has 0 N–H and O–H groups in total. The summed E-state index contributed by atoms with van der Waals surface area (Å²) in [5.74, 6) is 2.58. The van der Waals surface area contributed by atoms with E-state index in [9.17, 15) is 0 Å². The van der Waals surface area contributed by atoms with Crippen molar-refractivity contribution in [3.05, 3.63) is 12.2 Å². The fourth-order valence-corrected chi connectivity index (χ4v) is 1.42. The maximum atomic E-state index is 2.35. The van der Waals surface area contributed by atoms with Crippen molar-refractivity contribution in [1.82, 2.24) is 0 Å². The summed E-state index contributed by atoms with van der Waals surface area (Å²) in [6.45, 7) is 6.99. The Balaban J connectivity index is 2.58. The first-order chi connectivity index (χ1) is 4.22. The summed E-state index contributed by atoms with van der Waals surface area (Å²) in [6, 6.07) is 0. The van der Waals surface area contributed by atoms with Crippen LogP contribution in [0.2, 0.25) is 0 Å². The largest absolute Gasteiger partial charge is 0.0880 e. The lowest BCUT2D eigenvalue weighted by atomic mass is 9.79. The molecule has 0 saturated carbocycles. The summed E-state index contributed by atoms with van der Waals surface area (Å²) in [7, 11) is 0. The zero-order valence-corrected chi connectivity index (χ0v) is 6.59. The fraction of sp³-hybridized carbons (Fsp3) is 0.778. The van der Waals surface area contributed by atoms with Gasteiger partial charge < -0.3 is 0 Å². The minimum atomic E-state index is 0.800. The van der Waals surface area contributed by atoms with Crippen LogP contribution >= 0.6 is 0 Å². The molecule has 0 aromatic rings. The summed E-state index contributed by atoms with van der Waals surface area (Å²) >= 11 is 0. The molecule has 1 aliphatic carbocycles. The molecule has 0 heterocycles. The summed E-state index contributed by atoms with van der Waals surface area (Å²) in [5.41, 5.74) is 0. The molecule has 0 bridgehead atoms. The van der Waals surface area contributed by atoms with E-state index in [0.717, 1.165) is 17.8 Å². The molecule has 1 rings (SSSR count). The molecule has 0 amide bonds. The van der Waals surface area contributed by atoms with Crippen LogP contribution in [-0.4, -0.2) is 0 Å². The summed E-state index contributed by atoms with van der Waals surface area (Å²) in [4.78, 5) is 0. The van der Waals surface area contributed by atoms with Crippen molar-refractivity contribution in [2.24, 2.45) is 17.8 Å². The second-order valence-electron chi connectivity index (χ2n) is 3.36. The Hall–Kier alpha value is -0.260. The Bertz CT molecular complexity index is 113. The van der Waals surface area contributed by atoms with Crippen LogP contribution in [-0.2, 0) is 0 Å². The lowest BCUT2D eigenvalue weighted by molar-refractivity contribution is 0.305. The summed E-state index contributed by atoms with van der Waals surface area (Å²) in [6.07, 6.45) is 5.94. The molecule has 3 atom stereocenters. The molecule has 1 unspecified atom stereocenters. The van der Waals surface area contributed by atoms with Gasteiger partial charge in [0.1, 0.15) is 0 Å². The molecular weight excluding hydrogens is 108 g/mol. The van der Waals surface area contributed by atoms with E-state index in [4.69, 9.17) is 0 Å². The smallest absolute Gasteiger partial charge is 0.0234 e. The van der Waals surface area contributed by atoms with Crippen molar-refractivity contribution in [3.63, 3.8) is 0 Å². The topological polar surface area (TPSA) is 0 Å². The predicted octanol–water partition coefficient (Wildman–Crippen LogP) is 2.85. The van der Waals surface area contributed by atoms with Gasteiger partial charge in [-0.3, -0.25) is 0 Å². The molecule has 0 aromatic carbocycles. The van der Waals surface area contributed by atoms with Crippen LogP contribution < -0.4 is 0 Å². The normalized spacial score (nSPS) is 43.2. The Kier molecular flexibility index (Phi) is 1.94. The molecule has 0 nitrogen and oxygen atoms in total. The Morgan fingerprint density at radius 3 is 2.33 bits per heavy atom. The molecule has 0 saturated heterocycles. The molecule has 52 valence electrons. The fourth-order valence-electron chi connectivity index (χ4n) is 1.42. The van der Waals surface area contributed by atoms with Gasteiger partial charge in [0.25, 0.3) is 0 Å². The van der Waals surface area contributed by atoms with E-state index in [0.29, 0.717) is 0 Å². The number of allylic oxidation sites excluding steroid dienone is 2. The molecule has 0 fully saturated rings. The van der Waals surface area contributed by atoms with Crippen molar-refractivity contribution in [3.8, 4) is 0 Å². The van der Waals surface area contributed by atoms with E-state index >= 15 is 0 Å². The van der Waals surface area contributed by atoms with E-state index in [1.165, 1.54) is 6.42 Å². The second kappa shape index (κ2) is 2.55.